The molecule has 0 radical (unpaired) electrons. The third-order valence-corrected chi connectivity index (χ3v) is 3.29. The first-order valence-electron chi connectivity index (χ1n) is 6.37. The van der Waals surface area contributed by atoms with Gasteiger partial charge in [-0.2, -0.15) is 18.2 Å². The number of nitrogens with zero attached hydrogens (tertiary/aromatic N) is 1. The zero-order valence-electron chi connectivity index (χ0n) is 11.3. The van der Waals surface area contributed by atoms with Gasteiger partial charge in [-0.25, -0.2) is 4.79 Å². The van der Waals surface area contributed by atoms with Crippen LogP contribution in [0.3, 0.4) is 0 Å². The van der Waals surface area contributed by atoms with Crippen LogP contribution in [0.2, 0.25) is 5.02 Å². The Kier molecular flexibility index (Phi) is 3.73. The second kappa shape index (κ2) is 5.58. The van der Waals surface area contributed by atoms with E-state index in [1.165, 1.54) is 18.2 Å². The lowest BCUT2D eigenvalue weighted by Gasteiger charge is -2.08. The lowest BCUT2D eigenvalue weighted by molar-refractivity contribution is -0.137. The summed E-state index contributed by atoms with van der Waals surface area (Å²) in [5.74, 6) is 0. The van der Waals surface area contributed by atoms with Crippen LogP contribution in [0.15, 0.2) is 51.7 Å². The molecular formula is C15H8ClF3N2O2. The highest BCUT2D eigenvalue weighted by Crippen LogP contribution is 2.30. The van der Waals surface area contributed by atoms with Crippen molar-refractivity contribution in [3.8, 4) is 0 Å². The van der Waals surface area contributed by atoms with Gasteiger partial charge in [0.05, 0.1) is 16.5 Å². The third kappa shape index (κ3) is 3.29. The second-order valence-electron chi connectivity index (χ2n) is 4.67. The van der Waals surface area contributed by atoms with Crippen LogP contribution < -0.4 is 10.9 Å². The molecule has 0 fully saturated rings. The zero-order chi connectivity index (χ0) is 16.6. The Hall–Kier alpha value is -2.54. The predicted octanol–water partition coefficient (Wildman–Crippen LogP) is 4.60. The van der Waals surface area contributed by atoms with Crippen molar-refractivity contribution in [2.24, 2.45) is 0 Å². The average Bonchev–Trinajstić information content (AvgIpc) is 2.48. The summed E-state index contributed by atoms with van der Waals surface area (Å²) in [6, 6.07) is 8.70. The topological polar surface area (TPSA) is 55.1 Å². The number of fused-ring (bicyclic) bond motifs is 1. The van der Waals surface area contributed by atoms with E-state index in [-0.39, 0.29) is 11.4 Å². The smallest absolute Gasteiger partial charge is 0.388 e. The van der Waals surface area contributed by atoms with Gasteiger partial charge in [0.25, 0.3) is 0 Å². The van der Waals surface area contributed by atoms with Crippen molar-refractivity contribution < 1.29 is 17.6 Å². The number of rotatable bonds is 2. The highest BCUT2D eigenvalue weighted by atomic mass is 35.5. The minimum Gasteiger partial charge on any atom is -0.388 e. The summed E-state index contributed by atoms with van der Waals surface area (Å²) >= 11 is 5.80. The van der Waals surface area contributed by atoms with Crippen LogP contribution in [-0.4, -0.2) is 4.98 Å². The third-order valence-electron chi connectivity index (χ3n) is 3.05. The van der Waals surface area contributed by atoms with E-state index in [4.69, 9.17) is 16.0 Å². The molecule has 0 bridgehead atoms. The van der Waals surface area contributed by atoms with Gasteiger partial charge in [0.15, 0.2) is 0 Å². The molecule has 0 saturated heterocycles. The largest absolute Gasteiger partial charge is 0.416 e. The number of benzene rings is 2. The van der Waals surface area contributed by atoms with E-state index in [0.717, 1.165) is 12.1 Å². The van der Waals surface area contributed by atoms with E-state index >= 15 is 0 Å². The minimum absolute atomic E-state index is 0.121. The molecule has 4 nitrogen and oxygen atoms in total. The first-order valence-corrected chi connectivity index (χ1v) is 6.75. The molecule has 3 aromatic rings. The van der Waals surface area contributed by atoms with Gasteiger partial charge in [0, 0.05) is 10.7 Å². The van der Waals surface area contributed by atoms with Gasteiger partial charge in [-0.3, -0.25) is 0 Å². The molecule has 0 aliphatic heterocycles. The maximum Gasteiger partial charge on any atom is 0.416 e. The van der Waals surface area contributed by atoms with Gasteiger partial charge in [-0.05, 0) is 42.5 Å². The van der Waals surface area contributed by atoms with Crippen molar-refractivity contribution in [2.45, 2.75) is 6.18 Å². The molecule has 1 heterocycles. The molecular weight excluding hydrogens is 333 g/mol. The molecule has 3 rings (SSSR count). The molecule has 0 aliphatic carbocycles. The lowest BCUT2D eigenvalue weighted by atomic mass is 10.2. The molecule has 0 aliphatic rings. The van der Waals surface area contributed by atoms with E-state index in [1.807, 2.05) is 0 Å². The molecule has 8 heteroatoms. The molecule has 1 aromatic heterocycles. The van der Waals surface area contributed by atoms with Crippen LogP contribution in [0.4, 0.5) is 24.9 Å². The Morgan fingerprint density at radius 1 is 1.09 bits per heavy atom. The number of alkyl halides is 3. The minimum atomic E-state index is -4.41. The summed E-state index contributed by atoms with van der Waals surface area (Å²) in [5.41, 5.74) is -0.750. The molecule has 118 valence electrons. The molecule has 0 unspecified atom stereocenters. The molecule has 2 aromatic carbocycles. The monoisotopic (exact) mass is 340 g/mol. The van der Waals surface area contributed by atoms with Crippen molar-refractivity contribution in [2.75, 3.05) is 5.32 Å². The van der Waals surface area contributed by atoms with Crippen molar-refractivity contribution in [3.05, 3.63) is 63.5 Å². The second-order valence-corrected chi connectivity index (χ2v) is 5.10. The molecule has 0 amide bonds. The fourth-order valence-corrected chi connectivity index (χ4v) is 2.14. The van der Waals surface area contributed by atoms with Crippen molar-refractivity contribution >= 4 is 34.2 Å². The van der Waals surface area contributed by atoms with Gasteiger partial charge >= 0.3 is 17.8 Å². The summed E-state index contributed by atoms with van der Waals surface area (Å²) in [6.07, 6.45) is -4.41. The quantitative estimate of drug-likeness (QED) is 0.740. The van der Waals surface area contributed by atoms with E-state index in [1.54, 1.807) is 12.1 Å². The summed E-state index contributed by atoms with van der Waals surface area (Å²) in [4.78, 5) is 16.0. The van der Waals surface area contributed by atoms with Gasteiger partial charge in [0.2, 0.25) is 0 Å². The summed E-state index contributed by atoms with van der Waals surface area (Å²) in [5, 5.41) is 3.24. The predicted molar refractivity (Wildman–Crippen MR) is 80.0 cm³/mol. The molecule has 23 heavy (non-hydrogen) atoms. The number of hydrogen-bond acceptors (Lipinski definition) is 4. The molecule has 1 N–H and O–H groups in total. The van der Waals surface area contributed by atoms with Crippen LogP contribution in [-0.2, 0) is 6.18 Å². The maximum absolute atomic E-state index is 12.5. The van der Waals surface area contributed by atoms with E-state index in [0.29, 0.717) is 16.2 Å². The highest BCUT2D eigenvalue weighted by Gasteiger charge is 2.29. The number of aromatic nitrogens is 1. The lowest BCUT2D eigenvalue weighted by Crippen LogP contribution is -2.06. The number of hydrogen-bond donors (Lipinski definition) is 1. The van der Waals surface area contributed by atoms with Gasteiger partial charge in [0.1, 0.15) is 0 Å². The normalized spacial score (nSPS) is 11.7. The van der Waals surface area contributed by atoms with Crippen LogP contribution in [0, 0.1) is 0 Å². The molecule has 0 spiro atoms. The number of nitrogens with one attached hydrogen (secondary N) is 1. The zero-order valence-corrected chi connectivity index (χ0v) is 12.1. The Bertz CT molecular complexity index is 921. The number of anilines is 2. The fraction of sp³-hybridized carbons (Fsp3) is 0.0667. The van der Waals surface area contributed by atoms with Crippen molar-refractivity contribution in [1.82, 2.24) is 4.98 Å². The van der Waals surface area contributed by atoms with Crippen molar-refractivity contribution in [1.29, 1.82) is 0 Å². The van der Waals surface area contributed by atoms with E-state index < -0.39 is 17.4 Å². The summed E-state index contributed by atoms with van der Waals surface area (Å²) < 4.78 is 42.5. The van der Waals surface area contributed by atoms with Gasteiger partial charge in [-0.15, -0.1) is 0 Å². The van der Waals surface area contributed by atoms with Crippen LogP contribution in [0.1, 0.15) is 5.56 Å². The first-order chi connectivity index (χ1) is 10.8. The Labute approximate surface area is 132 Å². The van der Waals surface area contributed by atoms with Crippen LogP contribution in [0.25, 0.3) is 10.9 Å². The van der Waals surface area contributed by atoms with Gasteiger partial charge < -0.3 is 9.73 Å². The SMILES string of the molecule is O=c1oc(Nc2ccc(C(F)(F)F)cc2)nc2ccc(Cl)cc12. The average molecular weight is 341 g/mol. The standard InChI is InChI=1S/C15H8ClF3N2O2/c16-9-3-6-12-11(7-9)13(22)23-14(21-12)20-10-4-1-8(2-5-10)15(17,18)19/h1-7H,(H,20,21). The first kappa shape index (κ1) is 15.4. The number of halogens is 4. The van der Waals surface area contributed by atoms with Gasteiger partial charge in [-0.1, -0.05) is 11.6 Å². The Morgan fingerprint density at radius 2 is 1.78 bits per heavy atom. The van der Waals surface area contributed by atoms with Crippen LogP contribution in [0.5, 0.6) is 0 Å². The fourth-order valence-electron chi connectivity index (χ4n) is 1.96. The molecule has 0 atom stereocenters. The summed E-state index contributed by atoms with van der Waals surface area (Å²) in [7, 11) is 0. The van der Waals surface area contributed by atoms with Crippen molar-refractivity contribution in [3.63, 3.8) is 0 Å². The summed E-state index contributed by atoms with van der Waals surface area (Å²) in [6.45, 7) is 0. The van der Waals surface area contributed by atoms with E-state index in [9.17, 15) is 18.0 Å². The van der Waals surface area contributed by atoms with E-state index in [2.05, 4.69) is 10.3 Å². The maximum atomic E-state index is 12.5. The van der Waals surface area contributed by atoms with Crippen LogP contribution >= 0.6 is 11.6 Å². The Morgan fingerprint density at radius 3 is 2.43 bits per heavy atom. The Balaban J connectivity index is 1.93. The molecule has 0 saturated carbocycles. The highest BCUT2D eigenvalue weighted by molar-refractivity contribution is 6.31.